The number of aromatic nitrogens is 2. The van der Waals surface area contributed by atoms with Gasteiger partial charge in [0, 0.05) is 18.3 Å². The van der Waals surface area contributed by atoms with Crippen LogP contribution in [0.3, 0.4) is 0 Å². The van der Waals surface area contributed by atoms with Gasteiger partial charge in [-0.15, -0.1) is 0 Å². The lowest BCUT2D eigenvalue weighted by atomic mass is 10.0. The number of carbonyl (C=O) groups is 1. The molecule has 0 fully saturated rings. The molecule has 1 aliphatic heterocycles. The number of benzene rings is 3. The fourth-order valence-electron chi connectivity index (χ4n) is 5.28. The first-order valence-corrected chi connectivity index (χ1v) is 14.5. The summed E-state index contributed by atoms with van der Waals surface area (Å²) < 4.78 is 48.8. The molecule has 0 saturated heterocycles. The summed E-state index contributed by atoms with van der Waals surface area (Å²) in [4.78, 5) is 43.0. The average molecular weight is 620 g/mol. The van der Waals surface area contributed by atoms with Crippen LogP contribution < -0.4 is 20.7 Å². The zero-order valence-corrected chi connectivity index (χ0v) is 25.8. The molecule has 236 valence electrons. The highest BCUT2D eigenvalue weighted by atomic mass is 19.1. The van der Waals surface area contributed by atoms with E-state index in [0.717, 1.165) is 16.7 Å². The van der Waals surface area contributed by atoms with Gasteiger partial charge >= 0.3 is 11.8 Å². The molecular weight excluding hydrogens is 584 g/mol. The van der Waals surface area contributed by atoms with Gasteiger partial charge < -0.3 is 19.1 Å². The van der Waals surface area contributed by atoms with Crippen molar-refractivity contribution < 1.29 is 27.8 Å². The van der Waals surface area contributed by atoms with Gasteiger partial charge in [-0.05, 0) is 63.1 Å². The van der Waals surface area contributed by atoms with Crippen molar-refractivity contribution in [3.63, 3.8) is 0 Å². The smallest absolute Gasteiger partial charge is 0.410 e. The maximum absolute atomic E-state index is 14.8. The Balaban J connectivity index is 1.71. The molecule has 0 N–H and O–H groups in total. The minimum atomic E-state index is -0.827. The van der Waals surface area contributed by atoms with Gasteiger partial charge in [-0.2, -0.15) is 0 Å². The van der Waals surface area contributed by atoms with Crippen molar-refractivity contribution in [2.45, 2.75) is 52.4 Å². The topological polar surface area (TPSA) is 92.0 Å². The van der Waals surface area contributed by atoms with Gasteiger partial charge in [0.05, 0.1) is 24.7 Å². The summed E-state index contributed by atoms with van der Waals surface area (Å²) in [6.45, 7) is 6.72. The molecule has 1 amide bonds. The van der Waals surface area contributed by atoms with E-state index in [1.54, 1.807) is 70.2 Å². The van der Waals surface area contributed by atoms with E-state index in [0.29, 0.717) is 35.8 Å². The van der Waals surface area contributed by atoms with Crippen LogP contribution in [0, 0.1) is 18.6 Å². The summed E-state index contributed by atoms with van der Waals surface area (Å²) in [5.41, 5.74) is -1.15. The summed E-state index contributed by atoms with van der Waals surface area (Å²) in [7, 11) is 1.53. The third-order valence-corrected chi connectivity index (χ3v) is 7.59. The SMILES string of the molecule is Cc1c(-c2ccc3c(c2)OCCO3)c(=O)n(C[C@@H](c2ccccc2)N(C)C(=O)OC(C)(C)C)c(=O)n1Cc1c(F)cccc1F. The van der Waals surface area contributed by atoms with Crippen LogP contribution in [0.15, 0.2) is 76.3 Å². The van der Waals surface area contributed by atoms with E-state index in [4.69, 9.17) is 14.2 Å². The highest BCUT2D eigenvalue weighted by Gasteiger charge is 2.30. The third kappa shape index (κ3) is 6.62. The van der Waals surface area contributed by atoms with Crippen molar-refractivity contribution in [1.29, 1.82) is 0 Å². The highest BCUT2D eigenvalue weighted by Crippen LogP contribution is 2.34. The first-order chi connectivity index (χ1) is 21.4. The molecule has 0 unspecified atom stereocenters. The van der Waals surface area contributed by atoms with Crippen LogP contribution in [-0.4, -0.2) is 46.0 Å². The number of fused-ring (bicyclic) bond motifs is 1. The van der Waals surface area contributed by atoms with E-state index >= 15 is 0 Å². The van der Waals surface area contributed by atoms with Crippen LogP contribution in [0.1, 0.15) is 43.6 Å². The maximum atomic E-state index is 14.8. The van der Waals surface area contributed by atoms with E-state index in [9.17, 15) is 23.2 Å². The summed E-state index contributed by atoms with van der Waals surface area (Å²) >= 11 is 0. The Hall–Kier alpha value is -4.93. The van der Waals surface area contributed by atoms with Gasteiger partial charge in [0.2, 0.25) is 0 Å². The molecule has 3 aromatic carbocycles. The molecule has 1 aliphatic rings. The normalized spacial score (nSPS) is 13.3. The van der Waals surface area contributed by atoms with Crippen LogP contribution in [0.4, 0.5) is 13.6 Å². The lowest BCUT2D eigenvalue weighted by Gasteiger charge is -2.31. The zero-order valence-electron chi connectivity index (χ0n) is 25.8. The van der Waals surface area contributed by atoms with E-state index in [1.165, 1.54) is 22.6 Å². The lowest BCUT2D eigenvalue weighted by Crippen LogP contribution is -2.46. The summed E-state index contributed by atoms with van der Waals surface area (Å²) in [5.74, 6) is -0.722. The Bertz CT molecular complexity index is 1830. The minimum absolute atomic E-state index is 0.134. The quantitative estimate of drug-likeness (QED) is 0.264. The molecule has 0 radical (unpaired) electrons. The average Bonchev–Trinajstić information content (AvgIpc) is 3.00. The highest BCUT2D eigenvalue weighted by molar-refractivity contribution is 5.69. The van der Waals surface area contributed by atoms with Crippen molar-refractivity contribution in [3.8, 4) is 22.6 Å². The molecule has 0 aliphatic carbocycles. The van der Waals surface area contributed by atoms with Crippen molar-refractivity contribution in [3.05, 3.63) is 116 Å². The van der Waals surface area contributed by atoms with Crippen molar-refractivity contribution >= 4 is 6.09 Å². The number of carbonyl (C=O) groups excluding carboxylic acids is 1. The second-order valence-corrected chi connectivity index (χ2v) is 11.8. The number of hydrogen-bond acceptors (Lipinski definition) is 6. The molecule has 9 nitrogen and oxygen atoms in total. The van der Waals surface area contributed by atoms with E-state index in [-0.39, 0.29) is 23.4 Å². The Kier molecular flexibility index (Phi) is 8.81. The largest absolute Gasteiger partial charge is 0.486 e. The van der Waals surface area contributed by atoms with Gasteiger partial charge in [0.25, 0.3) is 5.56 Å². The fourth-order valence-corrected chi connectivity index (χ4v) is 5.28. The van der Waals surface area contributed by atoms with Crippen LogP contribution in [-0.2, 0) is 17.8 Å². The summed E-state index contributed by atoms with van der Waals surface area (Å²) in [6, 6.07) is 16.5. The molecule has 2 heterocycles. The van der Waals surface area contributed by atoms with Gasteiger partial charge in [-0.25, -0.2) is 18.4 Å². The number of nitrogens with zero attached hydrogens (tertiary/aromatic N) is 3. The van der Waals surface area contributed by atoms with Crippen LogP contribution >= 0.6 is 0 Å². The summed E-state index contributed by atoms with van der Waals surface area (Å²) in [6.07, 6.45) is -0.655. The van der Waals surface area contributed by atoms with E-state index < -0.39 is 47.2 Å². The molecule has 4 aromatic rings. The number of amides is 1. The first-order valence-electron chi connectivity index (χ1n) is 14.5. The molecule has 0 bridgehead atoms. The number of hydrogen-bond donors (Lipinski definition) is 0. The zero-order chi connectivity index (χ0) is 32.5. The van der Waals surface area contributed by atoms with Crippen molar-refractivity contribution in [1.82, 2.24) is 14.0 Å². The molecule has 11 heteroatoms. The third-order valence-electron chi connectivity index (χ3n) is 7.59. The molecule has 1 aromatic heterocycles. The van der Waals surface area contributed by atoms with Gasteiger partial charge in [0.15, 0.2) is 11.5 Å². The predicted octanol–water partition coefficient (Wildman–Crippen LogP) is 5.69. The molecule has 0 saturated carbocycles. The van der Waals surface area contributed by atoms with Gasteiger partial charge in [-0.1, -0.05) is 42.5 Å². The van der Waals surface area contributed by atoms with E-state index in [1.807, 2.05) is 6.07 Å². The Morgan fingerprint density at radius 1 is 0.933 bits per heavy atom. The molecule has 1 atom stereocenters. The second kappa shape index (κ2) is 12.6. The van der Waals surface area contributed by atoms with E-state index in [2.05, 4.69) is 0 Å². The number of halogens is 2. The number of likely N-dealkylation sites (N-methyl/N-ethyl adjacent to an activating group) is 1. The lowest BCUT2D eigenvalue weighted by molar-refractivity contribution is 0.0201. The monoisotopic (exact) mass is 619 g/mol. The molecule has 5 rings (SSSR count). The molecular formula is C34H35F2N3O6. The van der Waals surface area contributed by atoms with Crippen LogP contribution in [0.2, 0.25) is 0 Å². The van der Waals surface area contributed by atoms with Crippen molar-refractivity contribution in [2.75, 3.05) is 20.3 Å². The maximum Gasteiger partial charge on any atom is 0.410 e. The Labute approximate surface area is 259 Å². The van der Waals surface area contributed by atoms with Crippen LogP contribution in [0.25, 0.3) is 11.1 Å². The number of rotatable bonds is 7. The van der Waals surface area contributed by atoms with Gasteiger partial charge in [0.1, 0.15) is 30.4 Å². The standard InChI is InChI=1S/C34H35F2N3O6/c1-21-30(23-14-15-28-29(18-23)44-17-16-43-28)31(40)39(32(41)38(21)19-24-25(35)12-9-13-26(24)36)20-27(22-10-7-6-8-11-22)37(5)33(42)45-34(2,3)4/h6-15,18,27H,16-17,19-20H2,1-5H3/t27-/m0/s1. The van der Waals surface area contributed by atoms with Crippen molar-refractivity contribution in [2.24, 2.45) is 0 Å². The fraction of sp³-hybridized carbons (Fsp3) is 0.324. The predicted molar refractivity (Wildman–Crippen MR) is 165 cm³/mol. The number of ether oxygens (including phenoxy) is 3. The Morgan fingerprint density at radius 2 is 1.58 bits per heavy atom. The second-order valence-electron chi connectivity index (χ2n) is 11.8. The van der Waals surface area contributed by atoms with Crippen LogP contribution in [0.5, 0.6) is 11.5 Å². The molecule has 0 spiro atoms. The minimum Gasteiger partial charge on any atom is -0.486 e. The van der Waals surface area contributed by atoms with Gasteiger partial charge in [-0.3, -0.25) is 13.9 Å². The molecule has 45 heavy (non-hydrogen) atoms. The first kappa shape index (κ1) is 31.5. The Morgan fingerprint density at radius 3 is 2.22 bits per heavy atom. The summed E-state index contributed by atoms with van der Waals surface area (Å²) in [5, 5.41) is 0.